The quantitative estimate of drug-likeness (QED) is 0.211. The van der Waals surface area contributed by atoms with Gasteiger partial charge in [-0.1, -0.05) is 52.9 Å². The number of nitrogens with two attached hydrogens (primary N) is 1. The van der Waals surface area contributed by atoms with E-state index in [0.29, 0.717) is 19.3 Å². The van der Waals surface area contributed by atoms with E-state index in [1.807, 2.05) is 13.8 Å². The first-order chi connectivity index (χ1) is 15.4. The predicted octanol–water partition coefficient (Wildman–Crippen LogP) is 3.01. The van der Waals surface area contributed by atoms with Crippen LogP contribution >= 0.6 is 0 Å². The number of ether oxygens (including phenoxy) is 5. The first-order valence-electron chi connectivity index (χ1n) is 11.9. The molecule has 0 aromatic heterocycles. The Bertz CT molecular complexity index is 570. The minimum Gasteiger partial charge on any atom is -0.462 e. The van der Waals surface area contributed by atoms with Crippen LogP contribution < -0.4 is 5.73 Å². The minimum atomic E-state index is -0.947. The molecule has 5 unspecified atom stereocenters. The molecule has 1 rings (SSSR count). The molecule has 0 aromatic rings. The third-order valence-corrected chi connectivity index (χ3v) is 5.31. The van der Waals surface area contributed by atoms with Crippen LogP contribution in [-0.4, -0.2) is 62.3 Å². The standard InChI is InChI=1S/C23H41NO8/c1-5-8-11-12-16(24)22(27)29-15-17-20(31-18(25)13-9-6-2)21(23(28-4)30-17)32-19(26)14-10-7-3/h16-17,20-21,23H,5-15,24H2,1-4H3. The van der Waals surface area contributed by atoms with E-state index in [-0.39, 0.29) is 19.4 Å². The van der Waals surface area contributed by atoms with E-state index in [0.717, 1.165) is 32.1 Å². The second kappa shape index (κ2) is 16.0. The summed E-state index contributed by atoms with van der Waals surface area (Å²) in [5.41, 5.74) is 5.91. The third kappa shape index (κ3) is 9.83. The molecular weight excluding hydrogens is 418 g/mol. The number of methoxy groups -OCH3 is 1. The number of esters is 3. The van der Waals surface area contributed by atoms with Gasteiger partial charge in [-0.25, -0.2) is 0 Å². The molecule has 0 saturated carbocycles. The fourth-order valence-electron chi connectivity index (χ4n) is 3.35. The average Bonchev–Trinajstić information content (AvgIpc) is 3.10. The van der Waals surface area contributed by atoms with Gasteiger partial charge in [0.25, 0.3) is 0 Å². The van der Waals surface area contributed by atoms with Crippen molar-refractivity contribution in [1.29, 1.82) is 0 Å². The molecule has 0 spiro atoms. The van der Waals surface area contributed by atoms with E-state index in [1.54, 1.807) is 0 Å². The van der Waals surface area contributed by atoms with Crippen molar-refractivity contribution < 1.29 is 38.1 Å². The van der Waals surface area contributed by atoms with Gasteiger partial charge in [0.1, 0.15) is 18.8 Å². The van der Waals surface area contributed by atoms with Crippen LogP contribution in [0.25, 0.3) is 0 Å². The average molecular weight is 460 g/mol. The zero-order valence-corrected chi connectivity index (χ0v) is 20.0. The van der Waals surface area contributed by atoms with E-state index in [9.17, 15) is 14.4 Å². The van der Waals surface area contributed by atoms with Crippen LogP contribution in [0.2, 0.25) is 0 Å². The largest absolute Gasteiger partial charge is 0.462 e. The Balaban J connectivity index is 2.82. The zero-order valence-electron chi connectivity index (χ0n) is 20.0. The monoisotopic (exact) mass is 459 g/mol. The lowest BCUT2D eigenvalue weighted by Gasteiger charge is -2.24. The van der Waals surface area contributed by atoms with Crippen LogP contribution in [0.5, 0.6) is 0 Å². The Hall–Kier alpha value is -1.71. The molecule has 0 radical (unpaired) electrons. The van der Waals surface area contributed by atoms with Crippen molar-refractivity contribution in [2.75, 3.05) is 13.7 Å². The number of hydrogen-bond acceptors (Lipinski definition) is 9. The first kappa shape index (κ1) is 28.3. The SMILES string of the molecule is CCCCCC(N)C(=O)OCC1OC(OC)C(OC(=O)CCCC)C1OC(=O)CCCC. The van der Waals surface area contributed by atoms with Crippen LogP contribution in [0.4, 0.5) is 0 Å². The van der Waals surface area contributed by atoms with E-state index < -0.39 is 48.6 Å². The third-order valence-electron chi connectivity index (χ3n) is 5.31. The Morgan fingerprint density at radius 2 is 1.44 bits per heavy atom. The normalized spacial score (nSPS) is 23.5. The van der Waals surface area contributed by atoms with Crippen LogP contribution in [0.1, 0.15) is 85.0 Å². The lowest BCUT2D eigenvalue weighted by atomic mass is 10.1. The molecule has 0 bridgehead atoms. The fourth-order valence-corrected chi connectivity index (χ4v) is 3.35. The Labute approximate surface area is 191 Å². The number of hydrogen-bond donors (Lipinski definition) is 1. The summed E-state index contributed by atoms with van der Waals surface area (Å²) in [6.45, 7) is 5.83. The molecule has 2 N–H and O–H groups in total. The second-order valence-electron chi connectivity index (χ2n) is 8.13. The second-order valence-corrected chi connectivity index (χ2v) is 8.13. The molecule has 9 heteroatoms. The topological polar surface area (TPSA) is 123 Å². The van der Waals surface area contributed by atoms with Gasteiger partial charge in [-0.05, 0) is 19.3 Å². The molecule has 32 heavy (non-hydrogen) atoms. The molecule has 1 aliphatic heterocycles. The van der Waals surface area contributed by atoms with E-state index >= 15 is 0 Å². The highest BCUT2D eigenvalue weighted by Crippen LogP contribution is 2.29. The van der Waals surface area contributed by atoms with Gasteiger partial charge >= 0.3 is 17.9 Å². The highest BCUT2D eigenvalue weighted by Gasteiger charge is 2.50. The molecule has 1 saturated heterocycles. The maximum absolute atomic E-state index is 12.3. The summed E-state index contributed by atoms with van der Waals surface area (Å²) in [7, 11) is 1.41. The Kier molecular flexibility index (Phi) is 14.2. The van der Waals surface area contributed by atoms with Crippen molar-refractivity contribution in [2.24, 2.45) is 5.73 Å². The summed E-state index contributed by atoms with van der Waals surface area (Å²) in [6, 6.07) is -0.727. The highest BCUT2D eigenvalue weighted by atomic mass is 16.7. The van der Waals surface area contributed by atoms with Gasteiger partial charge < -0.3 is 29.4 Å². The number of rotatable bonds is 16. The first-order valence-corrected chi connectivity index (χ1v) is 11.9. The molecule has 186 valence electrons. The summed E-state index contributed by atoms with van der Waals surface area (Å²) in [5.74, 6) is -1.40. The highest BCUT2D eigenvalue weighted by molar-refractivity contribution is 5.75. The number of carbonyl (C=O) groups is 3. The summed E-state index contributed by atoms with van der Waals surface area (Å²) in [4.78, 5) is 36.8. The molecule has 9 nitrogen and oxygen atoms in total. The van der Waals surface area contributed by atoms with Gasteiger partial charge in [-0.2, -0.15) is 0 Å². The van der Waals surface area contributed by atoms with E-state index in [1.165, 1.54) is 7.11 Å². The van der Waals surface area contributed by atoms with Crippen molar-refractivity contribution in [3.63, 3.8) is 0 Å². The summed E-state index contributed by atoms with van der Waals surface area (Å²) in [6.07, 6.45) is 3.24. The van der Waals surface area contributed by atoms with Crippen LogP contribution in [0.3, 0.4) is 0 Å². The molecule has 5 atom stereocenters. The van der Waals surface area contributed by atoms with Gasteiger partial charge in [0.15, 0.2) is 18.5 Å². The van der Waals surface area contributed by atoms with Crippen molar-refractivity contribution >= 4 is 17.9 Å². The van der Waals surface area contributed by atoms with Gasteiger partial charge in [-0.3, -0.25) is 14.4 Å². The van der Waals surface area contributed by atoms with Crippen LogP contribution in [0.15, 0.2) is 0 Å². The van der Waals surface area contributed by atoms with Gasteiger partial charge in [0.2, 0.25) is 0 Å². The summed E-state index contributed by atoms with van der Waals surface area (Å²) < 4.78 is 27.6. The summed E-state index contributed by atoms with van der Waals surface area (Å²) >= 11 is 0. The molecule has 0 aliphatic carbocycles. The van der Waals surface area contributed by atoms with E-state index in [4.69, 9.17) is 29.4 Å². The predicted molar refractivity (Wildman–Crippen MR) is 118 cm³/mol. The molecule has 1 heterocycles. The Morgan fingerprint density at radius 1 is 0.875 bits per heavy atom. The summed E-state index contributed by atoms with van der Waals surface area (Å²) in [5, 5.41) is 0. The number of carbonyl (C=O) groups excluding carboxylic acids is 3. The molecule has 0 amide bonds. The van der Waals surface area contributed by atoms with Crippen LogP contribution in [0, 0.1) is 0 Å². The minimum absolute atomic E-state index is 0.186. The maximum Gasteiger partial charge on any atom is 0.323 e. The van der Waals surface area contributed by atoms with Crippen LogP contribution in [-0.2, 0) is 38.1 Å². The fraction of sp³-hybridized carbons (Fsp3) is 0.870. The smallest absolute Gasteiger partial charge is 0.323 e. The van der Waals surface area contributed by atoms with Crippen molar-refractivity contribution in [3.8, 4) is 0 Å². The molecular formula is C23H41NO8. The zero-order chi connectivity index (χ0) is 23.9. The van der Waals surface area contributed by atoms with Gasteiger partial charge in [0, 0.05) is 20.0 Å². The maximum atomic E-state index is 12.3. The van der Waals surface area contributed by atoms with Gasteiger partial charge in [0.05, 0.1) is 0 Å². The molecule has 1 fully saturated rings. The van der Waals surface area contributed by atoms with Gasteiger partial charge in [-0.15, -0.1) is 0 Å². The Morgan fingerprint density at radius 3 is 1.97 bits per heavy atom. The molecule has 0 aromatic carbocycles. The van der Waals surface area contributed by atoms with Crippen molar-refractivity contribution in [1.82, 2.24) is 0 Å². The van der Waals surface area contributed by atoms with Crippen molar-refractivity contribution in [3.05, 3.63) is 0 Å². The lowest BCUT2D eigenvalue weighted by Crippen LogP contribution is -2.43. The number of unbranched alkanes of at least 4 members (excludes halogenated alkanes) is 4. The lowest BCUT2D eigenvalue weighted by molar-refractivity contribution is -0.184. The molecule has 1 aliphatic rings. The van der Waals surface area contributed by atoms with E-state index in [2.05, 4.69) is 6.92 Å². The van der Waals surface area contributed by atoms with Crippen molar-refractivity contribution in [2.45, 2.75) is 116 Å².